The third-order valence-electron chi connectivity index (χ3n) is 4.61. The second kappa shape index (κ2) is 8.84. The SMILES string of the molecule is CCCCC(CC)C(=O)NCC1(CCl)CCCCC1. The Bertz CT molecular complexity index is 261. The zero-order chi connectivity index (χ0) is 14.1. The topological polar surface area (TPSA) is 29.1 Å². The fourth-order valence-corrected chi connectivity index (χ4v) is 3.41. The molecule has 3 heteroatoms. The van der Waals surface area contributed by atoms with E-state index in [1.54, 1.807) is 0 Å². The van der Waals surface area contributed by atoms with Crippen molar-refractivity contribution in [1.29, 1.82) is 0 Å². The van der Waals surface area contributed by atoms with Crippen LogP contribution in [0.25, 0.3) is 0 Å². The molecule has 0 aromatic heterocycles. The Morgan fingerprint density at radius 3 is 2.47 bits per heavy atom. The highest BCUT2D eigenvalue weighted by Gasteiger charge is 2.32. The van der Waals surface area contributed by atoms with Gasteiger partial charge in [0, 0.05) is 23.8 Å². The highest BCUT2D eigenvalue weighted by molar-refractivity contribution is 6.18. The third kappa shape index (κ3) is 5.33. The smallest absolute Gasteiger partial charge is 0.223 e. The molecule has 1 rings (SSSR count). The maximum atomic E-state index is 12.2. The predicted molar refractivity (Wildman–Crippen MR) is 82.6 cm³/mol. The Morgan fingerprint density at radius 1 is 1.26 bits per heavy atom. The van der Waals surface area contributed by atoms with E-state index in [-0.39, 0.29) is 17.2 Å². The molecular formula is C16H30ClNO. The molecule has 0 aromatic rings. The summed E-state index contributed by atoms with van der Waals surface area (Å²) in [5.74, 6) is 1.11. The minimum atomic E-state index is 0.165. The molecule has 1 amide bonds. The lowest BCUT2D eigenvalue weighted by Gasteiger charge is -2.36. The Labute approximate surface area is 123 Å². The molecule has 19 heavy (non-hydrogen) atoms. The summed E-state index contributed by atoms with van der Waals surface area (Å²) in [5, 5.41) is 3.18. The van der Waals surface area contributed by atoms with Gasteiger partial charge in [-0.2, -0.15) is 0 Å². The van der Waals surface area contributed by atoms with E-state index in [0.29, 0.717) is 5.88 Å². The zero-order valence-electron chi connectivity index (χ0n) is 12.6. The average molecular weight is 288 g/mol. The molecule has 112 valence electrons. The van der Waals surface area contributed by atoms with E-state index in [1.807, 2.05) is 0 Å². The van der Waals surface area contributed by atoms with Gasteiger partial charge in [-0.05, 0) is 25.7 Å². The van der Waals surface area contributed by atoms with E-state index in [9.17, 15) is 4.79 Å². The van der Waals surface area contributed by atoms with Crippen LogP contribution >= 0.6 is 11.6 Å². The number of hydrogen-bond acceptors (Lipinski definition) is 1. The quantitative estimate of drug-likeness (QED) is 0.654. The van der Waals surface area contributed by atoms with Crippen LogP contribution in [-0.2, 0) is 4.79 Å². The van der Waals surface area contributed by atoms with Crippen molar-refractivity contribution in [2.45, 2.75) is 71.6 Å². The van der Waals surface area contributed by atoms with Gasteiger partial charge in [-0.15, -0.1) is 11.6 Å². The van der Waals surface area contributed by atoms with Crippen LogP contribution in [-0.4, -0.2) is 18.3 Å². The lowest BCUT2D eigenvalue weighted by atomic mass is 9.75. The van der Waals surface area contributed by atoms with E-state index >= 15 is 0 Å². The van der Waals surface area contributed by atoms with Crippen LogP contribution in [0.3, 0.4) is 0 Å². The van der Waals surface area contributed by atoms with Crippen molar-refractivity contribution in [3.05, 3.63) is 0 Å². The molecule has 0 spiro atoms. The van der Waals surface area contributed by atoms with Gasteiger partial charge < -0.3 is 5.32 Å². The fourth-order valence-electron chi connectivity index (χ4n) is 3.05. The Balaban J connectivity index is 2.42. The predicted octanol–water partition coefficient (Wildman–Crippen LogP) is 4.51. The molecule has 1 aliphatic carbocycles. The summed E-state index contributed by atoms with van der Waals surface area (Å²) in [6.45, 7) is 5.06. The summed E-state index contributed by atoms with van der Waals surface area (Å²) in [7, 11) is 0. The van der Waals surface area contributed by atoms with Crippen molar-refractivity contribution >= 4 is 17.5 Å². The van der Waals surface area contributed by atoms with Gasteiger partial charge in [0.25, 0.3) is 0 Å². The van der Waals surface area contributed by atoms with Gasteiger partial charge >= 0.3 is 0 Å². The number of carbonyl (C=O) groups is 1. The molecule has 0 aliphatic heterocycles. The minimum Gasteiger partial charge on any atom is -0.355 e. The van der Waals surface area contributed by atoms with Crippen LogP contribution < -0.4 is 5.32 Å². The van der Waals surface area contributed by atoms with E-state index < -0.39 is 0 Å². The number of alkyl halides is 1. The summed E-state index contributed by atoms with van der Waals surface area (Å²) in [5.41, 5.74) is 0.165. The number of halogens is 1. The molecule has 1 fully saturated rings. The first-order valence-electron chi connectivity index (χ1n) is 8.01. The molecule has 0 bridgehead atoms. The van der Waals surface area contributed by atoms with Crippen LogP contribution in [0.1, 0.15) is 71.6 Å². The van der Waals surface area contributed by atoms with E-state index in [0.717, 1.165) is 32.2 Å². The van der Waals surface area contributed by atoms with E-state index in [1.165, 1.54) is 32.1 Å². The molecule has 0 aromatic carbocycles. The lowest BCUT2D eigenvalue weighted by Crippen LogP contribution is -2.42. The molecule has 1 N–H and O–H groups in total. The average Bonchev–Trinajstić information content (AvgIpc) is 2.47. The first-order valence-corrected chi connectivity index (χ1v) is 8.54. The summed E-state index contributed by atoms with van der Waals surface area (Å²) in [4.78, 5) is 12.2. The van der Waals surface area contributed by atoms with Crippen LogP contribution in [0.15, 0.2) is 0 Å². The largest absolute Gasteiger partial charge is 0.355 e. The summed E-state index contributed by atoms with van der Waals surface area (Å²) in [6.07, 6.45) is 10.4. The molecule has 1 atom stereocenters. The Morgan fingerprint density at radius 2 is 1.95 bits per heavy atom. The molecule has 1 unspecified atom stereocenters. The van der Waals surface area contributed by atoms with Crippen molar-refractivity contribution < 1.29 is 4.79 Å². The van der Waals surface area contributed by atoms with Gasteiger partial charge in [-0.1, -0.05) is 46.0 Å². The van der Waals surface area contributed by atoms with Crippen molar-refractivity contribution in [1.82, 2.24) is 5.32 Å². The molecule has 1 saturated carbocycles. The first-order chi connectivity index (χ1) is 9.17. The Hall–Kier alpha value is -0.240. The van der Waals surface area contributed by atoms with Crippen molar-refractivity contribution in [2.24, 2.45) is 11.3 Å². The number of nitrogens with one attached hydrogen (secondary N) is 1. The van der Waals surface area contributed by atoms with Gasteiger partial charge in [0.1, 0.15) is 0 Å². The standard InChI is InChI=1S/C16H30ClNO/c1-3-5-9-14(4-2)15(19)18-13-16(12-17)10-7-6-8-11-16/h14H,3-13H2,1-2H3,(H,18,19). The maximum absolute atomic E-state index is 12.2. The molecular weight excluding hydrogens is 258 g/mol. The van der Waals surface area contributed by atoms with Gasteiger partial charge in [-0.3, -0.25) is 4.79 Å². The number of rotatable bonds is 8. The Kier molecular flexibility index (Phi) is 7.82. The number of carbonyl (C=O) groups excluding carboxylic acids is 1. The number of unbranched alkanes of at least 4 members (excludes halogenated alkanes) is 1. The molecule has 0 heterocycles. The lowest BCUT2D eigenvalue weighted by molar-refractivity contribution is -0.125. The third-order valence-corrected chi connectivity index (χ3v) is 5.17. The van der Waals surface area contributed by atoms with Crippen LogP contribution in [0, 0.1) is 11.3 Å². The van der Waals surface area contributed by atoms with Gasteiger partial charge in [-0.25, -0.2) is 0 Å². The zero-order valence-corrected chi connectivity index (χ0v) is 13.4. The van der Waals surface area contributed by atoms with E-state index in [2.05, 4.69) is 19.2 Å². The molecule has 1 aliphatic rings. The summed E-state index contributed by atoms with van der Waals surface area (Å²) >= 11 is 6.17. The fraction of sp³-hybridized carbons (Fsp3) is 0.938. The van der Waals surface area contributed by atoms with Crippen LogP contribution in [0.2, 0.25) is 0 Å². The van der Waals surface area contributed by atoms with Crippen molar-refractivity contribution in [3.8, 4) is 0 Å². The van der Waals surface area contributed by atoms with Gasteiger partial charge in [0.15, 0.2) is 0 Å². The highest BCUT2D eigenvalue weighted by Crippen LogP contribution is 2.36. The molecule has 2 nitrogen and oxygen atoms in total. The second-order valence-corrected chi connectivity index (χ2v) is 6.43. The van der Waals surface area contributed by atoms with Crippen molar-refractivity contribution in [3.63, 3.8) is 0 Å². The van der Waals surface area contributed by atoms with Gasteiger partial charge in [0.05, 0.1) is 0 Å². The van der Waals surface area contributed by atoms with Crippen molar-refractivity contribution in [2.75, 3.05) is 12.4 Å². The van der Waals surface area contributed by atoms with Gasteiger partial charge in [0.2, 0.25) is 5.91 Å². The monoisotopic (exact) mass is 287 g/mol. The summed E-state index contributed by atoms with van der Waals surface area (Å²) in [6, 6.07) is 0. The normalized spacial score (nSPS) is 19.9. The number of amides is 1. The minimum absolute atomic E-state index is 0.165. The van der Waals surface area contributed by atoms with Crippen LogP contribution in [0.4, 0.5) is 0 Å². The molecule has 0 radical (unpaired) electrons. The van der Waals surface area contributed by atoms with Crippen LogP contribution in [0.5, 0.6) is 0 Å². The van der Waals surface area contributed by atoms with E-state index in [4.69, 9.17) is 11.6 Å². The second-order valence-electron chi connectivity index (χ2n) is 6.16. The highest BCUT2D eigenvalue weighted by atomic mass is 35.5. The number of hydrogen-bond donors (Lipinski definition) is 1. The maximum Gasteiger partial charge on any atom is 0.223 e. The first kappa shape index (κ1) is 16.8. The molecule has 0 saturated heterocycles. The summed E-state index contributed by atoms with van der Waals surface area (Å²) < 4.78 is 0.